The molecule has 1 fully saturated rings. The molecule has 0 bridgehead atoms. The van der Waals surface area contributed by atoms with Crippen molar-refractivity contribution in [3.63, 3.8) is 0 Å². The van der Waals surface area contributed by atoms with Crippen molar-refractivity contribution < 1.29 is 5.11 Å². The first-order valence-corrected chi connectivity index (χ1v) is 11.7. The number of pyridine rings is 1. The molecule has 0 amide bonds. The number of aryl methyl sites for hydroxylation is 3. The van der Waals surface area contributed by atoms with Crippen LogP contribution in [0.2, 0.25) is 0 Å². The van der Waals surface area contributed by atoms with E-state index in [0.717, 1.165) is 12.1 Å². The Hall–Kier alpha value is -2.70. The van der Waals surface area contributed by atoms with E-state index in [1.54, 1.807) is 0 Å². The van der Waals surface area contributed by atoms with Crippen molar-refractivity contribution in [2.24, 2.45) is 0 Å². The number of hydrogen-bond donors (Lipinski definition) is 2. The zero-order valence-corrected chi connectivity index (χ0v) is 20.1. The molecule has 168 valence electrons. The van der Waals surface area contributed by atoms with Gasteiger partial charge in [-0.2, -0.15) is 0 Å². The fourth-order valence-electron chi connectivity index (χ4n) is 4.98. The van der Waals surface area contributed by atoms with Crippen molar-refractivity contribution >= 4 is 17.3 Å². The lowest BCUT2D eigenvalue weighted by atomic mass is 9.96. The van der Waals surface area contributed by atoms with Gasteiger partial charge in [0.1, 0.15) is 0 Å². The molecule has 5 nitrogen and oxygen atoms in total. The van der Waals surface area contributed by atoms with E-state index in [-0.39, 0.29) is 18.7 Å². The summed E-state index contributed by atoms with van der Waals surface area (Å²) in [5.74, 6) is 0. The fourth-order valence-corrected chi connectivity index (χ4v) is 5.31. The molecule has 1 aromatic carbocycles. The van der Waals surface area contributed by atoms with Crippen molar-refractivity contribution in [3.05, 3.63) is 82.4 Å². The van der Waals surface area contributed by atoms with Gasteiger partial charge in [0, 0.05) is 30.7 Å². The summed E-state index contributed by atoms with van der Waals surface area (Å²) in [7, 11) is 0. The minimum Gasteiger partial charge on any atom is -0.396 e. The van der Waals surface area contributed by atoms with E-state index in [4.69, 9.17) is 12.2 Å². The van der Waals surface area contributed by atoms with Crippen molar-refractivity contribution in [2.45, 2.75) is 52.6 Å². The maximum absolute atomic E-state index is 9.49. The maximum atomic E-state index is 9.49. The van der Waals surface area contributed by atoms with Crippen molar-refractivity contribution in [1.82, 2.24) is 19.8 Å². The van der Waals surface area contributed by atoms with Crippen LogP contribution in [0, 0.1) is 20.8 Å². The van der Waals surface area contributed by atoms with Gasteiger partial charge in [0.2, 0.25) is 0 Å². The summed E-state index contributed by atoms with van der Waals surface area (Å²) in [4.78, 5) is 6.86. The van der Waals surface area contributed by atoms with Gasteiger partial charge in [0.05, 0.1) is 23.5 Å². The summed E-state index contributed by atoms with van der Waals surface area (Å²) in [6.07, 6.45) is 3.49. The Bertz CT molecular complexity index is 1110. The number of aliphatic hydroxyl groups excluding tert-OH is 1. The lowest BCUT2D eigenvalue weighted by molar-refractivity contribution is 0.247. The zero-order chi connectivity index (χ0) is 22.8. The Kier molecular flexibility index (Phi) is 6.63. The van der Waals surface area contributed by atoms with Crippen LogP contribution in [0.1, 0.15) is 59.2 Å². The predicted molar refractivity (Wildman–Crippen MR) is 133 cm³/mol. The van der Waals surface area contributed by atoms with Crippen LogP contribution in [-0.2, 0) is 6.42 Å². The molecule has 1 aliphatic heterocycles. The number of rotatable bonds is 7. The predicted octanol–water partition coefficient (Wildman–Crippen LogP) is 4.71. The van der Waals surface area contributed by atoms with Crippen molar-refractivity contribution in [1.29, 1.82) is 0 Å². The highest BCUT2D eigenvalue weighted by Gasteiger charge is 2.41. The fraction of sp³-hybridized carbons (Fsp3) is 0.385. The molecule has 0 aliphatic carbocycles. The molecule has 0 saturated carbocycles. The summed E-state index contributed by atoms with van der Waals surface area (Å²) >= 11 is 5.74. The van der Waals surface area contributed by atoms with Crippen LogP contribution in [0.5, 0.6) is 0 Å². The lowest BCUT2D eigenvalue weighted by Gasteiger charge is -2.28. The molecule has 32 heavy (non-hydrogen) atoms. The molecule has 4 rings (SSSR count). The third-order valence-corrected chi connectivity index (χ3v) is 6.82. The molecule has 3 aromatic rings. The van der Waals surface area contributed by atoms with Crippen LogP contribution in [-0.4, -0.2) is 37.8 Å². The van der Waals surface area contributed by atoms with Crippen molar-refractivity contribution in [2.75, 3.05) is 13.2 Å². The first-order chi connectivity index (χ1) is 15.5. The molecule has 2 N–H and O–H groups in total. The highest BCUT2D eigenvalue weighted by Crippen LogP contribution is 2.41. The Morgan fingerprint density at radius 1 is 1.12 bits per heavy atom. The molecular weight excluding hydrogens is 416 g/mol. The topological polar surface area (TPSA) is 53.3 Å². The number of nitrogens with zero attached hydrogens (tertiary/aromatic N) is 3. The summed E-state index contributed by atoms with van der Waals surface area (Å²) < 4.78 is 2.39. The number of aliphatic hydroxyl groups is 1. The van der Waals surface area contributed by atoms with Gasteiger partial charge in [0.15, 0.2) is 5.11 Å². The highest BCUT2D eigenvalue weighted by molar-refractivity contribution is 7.80. The van der Waals surface area contributed by atoms with E-state index < -0.39 is 0 Å². The second kappa shape index (κ2) is 9.43. The summed E-state index contributed by atoms with van der Waals surface area (Å²) in [6, 6.07) is 14.8. The quantitative estimate of drug-likeness (QED) is 0.513. The third-order valence-electron chi connectivity index (χ3n) is 6.47. The lowest BCUT2D eigenvalue weighted by Crippen LogP contribution is -2.31. The molecule has 0 radical (unpaired) electrons. The largest absolute Gasteiger partial charge is 0.396 e. The first-order valence-electron chi connectivity index (χ1n) is 11.3. The van der Waals surface area contributed by atoms with Crippen LogP contribution >= 0.6 is 12.2 Å². The van der Waals surface area contributed by atoms with Gasteiger partial charge in [-0.3, -0.25) is 4.98 Å². The maximum Gasteiger partial charge on any atom is 0.170 e. The number of para-hydroxylation sites is 1. The van der Waals surface area contributed by atoms with Gasteiger partial charge in [0.25, 0.3) is 0 Å². The number of hydrogen-bond acceptors (Lipinski definition) is 3. The Balaban J connectivity index is 1.86. The van der Waals surface area contributed by atoms with E-state index in [2.05, 4.69) is 77.8 Å². The number of benzene rings is 1. The van der Waals surface area contributed by atoms with Crippen molar-refractivity contribution in [3.8, 4) is 5.69 Å². The second-order valence-corrected chi connectivity index (χ2v) is 8.88. The minimum atomic E-state index is -0.0427. The van der Waals surface area contributed by atoms with Crippen LogP contribution in [0.3, 0.4) is 0 Å². The van der Waals surface area contributed by atoms with Crippen LogP contribution in [0.25, 0.3) is 5.69 Å². The summed E-state index contributed by atoms with van der Waals surface area (Å²) in [5.41, 5.74) is 8.54. The zero-order valence-electron chi connectivity index (χ0n) is 19.3. The smallest absolute Gasteiger partial charge is 0.170 e. The molecule has 2 atom stereocenters. The van der Waals surface area contributed by atoms with Gasteiger partial charge in [-0.15, -0.1) is 0 Å². The van der Waals surface area contributed by atoms with Gasteiger partial charge in [-0.25, -0.2) is 0 Å². The van der Waals surface area contributed by atoms with Crippen LogP contribution < -0.4 is 5.32 Å². The minimum absolute atomic E-state index is 0.0120. The van der Waals surface area contributed by atoms with E-state index in [0.29, 0.717) is 18.1 Å². The summed E-state index contributed by atoms with van der Waals surface area (Å²) in [6.45, 7) is 9.61. The van der Waals surface area contributed by atoms with E-state index in [9.17, 15) is 5.11 Å². The standard InChI is InChI=1S/C26H32N4OS/c1-5-20-11-8-10-17(2)24(20)30-18(3)16-21(19(30)4)25-23(22-12-6-7-13-27-22)28-26(32)29(25)14-9-15-31/h6-8,10-13,16,23,25,31H,5,9,14-15H2,1-4H3,(H,28,32)/t23-,25+/m0/s1. The normalized spacial score (nSPS) is 18.3. The molecule has 1 saturated heterocycles. The molecular formula is C26H32N4OS. The third kappa shape index (κ3) is 3.93. The van der Waals surface area contributed by atoms with E-state index in [1.807, 2.05) is 18.3 Å². The van der Waals surface area contributed by atoms with Crippen LogP contribution in [0.4, 0.5) is 0 Å². The molecule has 1 aliphatic rings. The second-order valence-electron chi connectivity index (χ2n) is 8.50. The van der Waals surface area contributed by atoms with Gasteiger partial charge >= 0.3 is 0 Å². The van der Waals surface area contributed by atoms with E-state index in [1.165, 1.54) is 33.8 Å². The Labute approximate surface area is 196 Å². The Morgan fingerprint density at radius 2 is 1.94 bits per heavy atom. The highest BCUT2D eigenvalue weighted by atomic mass is 32.1. The summed E-state index contributed by atoms with van der Waals surface area (Å²) in [5, 5.41) is 13.7. The first kappa shape index (κ1) is 22.5. The Morgan fingerprint density at radius 3 is 2.62 bits per heavy atom. The van der Waals surface area contributed by atoms with Crippen LogP contribution in [0.15, 0.2) is 48.7 Å². The number of nitrogens with one attached hydrogen (secondary N) is 1. The molecule has 2 aromatic heterocycles. The number of aromatic nitrogens is 2. The molecule has 0 spiro atoms. The molecule has 6 heteroatoms. The number of thiocarbonyl (C=S) groups is 1. The monoisotopic (exact) mass is 448 g/mol. The SMILES string of the molecule is CCc1cccc(C)c1-n1c(C)cc([C@@H]2[C@H](c3ccccn3)NC(=S)N2CCCO)c1C. The molecule has 3 heterocycles. The molecule has 0 unspecified atom stereocenters. The average molecular weight is 449 g/mol. The van der Waals surface area contributed by atoms with Gasteiger partial charge in [-0.1, -0.05) is 31.2 Å². The van der Waals surface area contributed by atoms with Gasteiger partial charge in [-0.05, 0) is 80.7 Å². The van der Waals surface area contributed by atoms with Gasteiger partial charge < -0.3 is 19.9 Å². The average Bonchev–Trinajstić information content (AvgIpc) is 3.27. The van der Waals surface area contributed by atoms with E-state index >= 15 is 0 Å².